The molecule has 2 aromatic rings. The highest BCUT2D eigenvalue weighted by Crippen LogP contribution is 2.29. The van der Waals surface area contributed by atoms with Gasteiger partial charge in [-0.3, -0.25) is 4.99 Å². The monoisotopic (exact) mass is 470 g/mol. The summed E-state index contributed by atoms with van der Waals surface area (Å²) in [6.07, 6.45) is -2.51. The number of rotatable bonds is 4. The molecule has 0 spiro atoms. The standard InChI is InChI=1S/C15H17F3N4S.HI/c1-10-20-8-13(23-10)9-22-14(19-2)21-7-11-3-5-12(6-4-11)15(16,17)18;/h3-6,8H,7,9H2,1-2H3,(H2,19,21,22);1H. The second-order valence-corrected chi connectivity index (χ2v) is 6.14. The van der Waals surface area contributed by atoms with Crippen LogP contribution in [0.5, 0.6) is 0 Å². The highest BCUT2D eigenvalue weighted by molar-refractivity contribution is 14.0. The molecule has 0 fully saturated rings. The third kappa shape index (κ3) is 6.27. The molecule has 0 unspecified atom stereocenters. The summed E-state index contributed by atoms with van der Waals surface area (Å²) in [5, 5.41) is 7.19. The molecule has 0 aliphatic rings. The molecular formula is C15H18F3IN4S. The molecule has 1 aromatic heterocycles. The van der Waals surface area contributed by atoms with Gasteiger partial charge in [-0.25, -0.2) is 4.98 Å². The first kappa shape index (κ1) is 20.7. The number of aliphatic imine (C=N–C) groups is 1. The number of guanidine groups is 1. The van der Waals surface area contributed by atoms with Gasteiger partial charge in [-0.15, -0.1) is 35.3 Å². The Kier molecular flexibility index (Phi) is 7.94. The van der Waals surface area contributed by atoms with Crippen LogP contribution in [-0.4, -0.2) is 18.0 Å². The molecule has 0 saturated carbocycles. The van der Waals surface area contributed by atoms with Gasteiger partial charge in [0, 0.05) is 24.7 Å². The maximum Gasteiger partial charge on any atom is 0.416 e. The van der Waals surface area contributed by atoms with E-state index in [0.29, 0.717) is 19.0 Å². The van der Waals surface area contributed by atoms with Crippen molar-refractivity contribution in [1.29, 1.82) is 0 Å². The normalized spacial score (nSPS) is 11.8. The number of benzene rings is 1. The summed E-state index contributed by atoms with van der Waals surface area (Å²) < 4.78 is 37.5. The van der Waals surface area contributed by atoms with Crippen molar-refractivity contribution in [3.05, 3.63) is 51.5 Å². The largest absolute Gasteiger partial charge is 0.416 e. The Morgan fingerprint density at radius 2 is 1.79 bits per heavy atom. The molecule has 1 heterocycles. The number of halogens is 4. The lowest BCUT2D eigenvalue weighted by molar-refractivity contribution is -0.137. The first-order valence-electron chi connectivity index (χ1n) is 6.90. The molecule has 0 amide bonds. The van der Waals surface area contributed by atoms with Crippen molar-refractivity contribution in [1.82, 2.24) is 15.6 Å². The zero-order chi connectivity index (χ0) is 16.9. The second-order valence-electron chi connectivity index (χ2n) is 4.82. The topological polar surface area (TPSA) is 49.3 Å². The van der Waals surface area contributed by atoms with E-state index in [1.54, 1.807) is 24.6 Å². The smallest absolute Gasteiger partial charge is 0.352 e. The van der Waals surface area contributed by atoms with Crippen molar-refractivity contribution in [3.63, 3.8) is 0 Å². The molecule has 0 saturated heterocycles. The van der Waals surface area contributed by atoms with Crippen molar-refractivity contribution in [2.45, 2.75) is 26.2 Å². The molecule has 0 radical (unpaired) electrons. The zero-order valence-corrected chi connectivity index (χ0v) is 16.3. The van der Waals surface area contributed by atoms with Crippen molar-refractivity contribution < 1.29 is 13.2 Å². The van der Waals surface area contributed by atoms with E-state index < -0.39 is 11.7 Å². The van der Waals surface area contributed by atoms with Crippen LogP contribution in [0.4, 0.5) is 13.2 Å². The second kappa shape index (κ2) is 9.21. The lowest BCUT2D eigenvalue weighted by Gasteiger charge is -2.12. The van der Waals surface area contributed by atoms with Gasteiger partial charge >= 0.3 is 6.18 Å². The fourth-order valence-corrected chi connectivity index (χ4v) is 2.61. The Morgan fingerprint density at radius 1 is 1.17 bits per heavy atom. The molecule has 2 rings (SSSR count). The molecule has 0 aliphatic heterocycles. The van der Waals surface area contributed by atoms with Gasteiger partial charge in [0.15, 0.2) is 5.96 Å². The average molecular weight is 470 g/mol. The SMILES string of the molecule is CN=C(NCc1ccc(C(F)(F)F)cc1)NCc1cnc(C)s1.I. The number of alkyl halides is 3. The number of aromatic nitrogens is 1. The molecule has 0 atom stereocenters. The Hall–Kier alpha value is -1.36. The molecule has 2 N–H and O–H groups in total. The predicted octanol–water partition coefficient (Wildman–Crippen LogP) is 3.95. The van der Waals surface area contributed by atoms with Crippen LogP contribution in [0, 0.1) is 6.92 Å². The average Bonchev–Trinajstić information content (AvgIpc) is 2.92. The first-order chi connectivity index (χ1) is 10.9. The minimum absolute atomic E-state index is 0. The van der Waals surface area contributed by atoms with Gasteiger partial charge in [0.05, 0.1) is 17.1 Å². The van der Waals surface area contributed by atoms with Gasteiger partial charge in [-0.05, 0) is 24.6 Å². The lowest BCUT2D eigenvalue weighted by atomic mass is 10.1. The van der Waals surface area contributed by atoms with Gasteiger partial charge in [0.2, 0.25) is 0 Å². The van der Waals surface area contributed by atoms with Crippen LogP contribution < -0.4 is 10.6 Å². The molecule has 9 heteroatoms. The first-order valence-corrected chi connectivity index (χ1v) is 7.72. The van der Waals surface area contributed by atoms with Gasteiger partial charge in [0.25, 0.3) is 0 Å². The van der Waals surface area contributed by atoms with E-state index in [-0.39, 0.29) is 24.0 Å². The molecule has 0 bridgehead atoms. The fourth-order valence-electron chi connectivity index (χ4n) is 1.88. The van der Waals surface area contributed by atoms with E-state index in [1.807, 2.05) is 6.92 Å². The van der Waals surface area contributed by atoms with Gasteiger partial charge in [-0.2, -0.15) is 13.2 Å². The van der Waals surface area contributed by atoms with Crippen molar-refractivity contribution >= 4 is 41.3 Å². The quantitative estimate of drug-likeness (QED) is 0.404. The van der Waals surface area contributed by atoms with Gasteiger partial charge < -0.3 is 10.6 Å². The number of nitrogens with zero attached hydrogens (tertiary/aromatic N) is 2. The zero-order valence-electron chi connectivity index (χ0n) is 13.1. The van der Waals surface area contributed by atoms with Crippen LogP contribution in [0.3, 0.4) is 0 Å². The van der Waals surface area contributed by atoms with Gasteiger partial charge in [0.1, 0.15) is 0 Å². The van der Waals surface area contributed by atoms with E-state index in [1.165, 1.54) is 12.1 Å². The van der Waals surface area contributed by atoms with Gasteiger partial charge in [-0.1, -0.05) is 12.1 Å². The van der Waals surface area contributed by atoms with Crippen molar-refractivity contribution in [2.75, 3.05) is 7.05 Å². The molecule has 24 heavy (non-hydrogen) atoms. The molecule has 132 valence electrons. The number of aryl methyl sites for hydroxylation is 1. The summed E-state index contributed by atoms with van der Waals surface area (Å²) in [5.74, 6) is 0.580. The minimum Gasteiger partial charge on any atom is -0.352 e. The summed E-state index contributed by atoms with van der Waals surface area (Å²) in [6.45, 7) is 2.92. The van der Waals surface area contributed by atoms with Crippen LogP contribution in [0.1, 0.15) is 21.0 Å². The van der Waals surface area contributed by atoms with E-state index in [0.717, 1.165) is 27.6 Å². The summed E-state index contributed by atoms with van der Waals surface area (Å²) in [4.78, 5) is 9.33. The minimum atomic E-state index is -4.31. The Balaban J connectivity index is 0.00000288. The maximum absolute atomic E-state index is 12.5. The number of hydrogen-bond donors (Lipinski definition) is 2. The Morgan fingerprint density at radius 3 is 2.29 bits per heavy atom. The fraction of sp³-hybridized carbons (Fsp3) is 0.333. The van der Waals surface area contributed by atoms with E-state index in [2.05, 4.69) is 20.6 Å². The molecule has 0 aliphatic carbocycles. The Bertz CT molecular complexity index is 668. The van der Waals surface area contributed by atoms with Crippen LogP contribution in [0.15, 0.2) is 35.5 Å². The summed E-state index contributed by atoms with van der Waals surface area (Å²) in [6, 6.07) is 5.06. The van der Waals surface area contributed by atoms with Crippen molar-refractivity contribution in [2.24, 2.45) is 4.99 Å². The highest BCUT2D eigenvalue weighted by Gasteiger charge is 2.29. The summed E-state index contributed by atoms with van der Waals surface area (Å²) in [7, 11) is 1.64. The lowest BCUT2D eigenvalue weighted by Crippen LogP contribution is -2.36. The van der Waals surface area contributed by atoms with E-state index in [9.17, 15) is 13.2 Å². The van der Waals surface area contributed by atoms with Crippen LogP contribution in [0.25, 0.3) is 0 Å². The third-order valence-electron chi connectivity index (χ3n) is 3.06. The van der Waals surface area contributed by atoms with Crippen LogP contribution in [-0.2, 0) is 19.3 Å². The Labute approximate surface area is 159 Å². The number of nitrogens with one attached hydrogen (secondary N) is 2. The molecule has 1 aromatic carbocycles. The third-order valence-corrected chi connectivity index (χ3v) is 3.98. The van der Waals surface area contributed by atoms with Crippen LogP contribution >= 0.6 is 35.3 Å². The van der Waals surface area contributed by atoms with E-state index >= 15 is 0 Å². The predicted molar refractivity (Wildman–Crippen MR) is 101 cm³/mol. The van der Waals surface area contributed by atoms with Crippen molar-refractivity contribution in [3.8, 4) is 0 Å². The number of hydrogen-bond acceptors (Lipinski definition) is 3. The highest BCUT2D eigenvalue weighted by atomic mass is 127. The summed E-state index contributed by atoms with van der Waals surface area (Å²) in [5.41, 5.74) is 0.0962. The summed E-state index contributed by atoms with van der Waals surface area (Å²) >= 11 is 1.60. The molecular weight excluding hydrogens is 452 g/mol. The maximum atomic E-state index is 12.5. The van der Waals surface area contributed by atoms with Crippen LogP contribution in [0.2, 0.25) is 0 Å². The van der Waals surface area contributed by atoms with E-state index in [4.69, 9.17) is 0 Å². The molecule has 4 nitrogen and oxygen atoms in total. The number of thiazole rings is 1.